The Morgan fingerprint density at radius 2 is 1.20 bits per heavy atom. The second-order valence-electron chi connectivity index (χ2n) is 5.05. The van der Waals surface area contributed by atoms with E-state index in [-0.39, 0.29) is 0 Å². The lowest BCUT2D eigenvalue weighted by molar-refractivity contribution is -0.245. The molecule has 0 radical (unpaired) electrons. The van der Waals surface area contributed by atoms with Gasteiger partial charge in [-0.2, -0.15) is 0 Å². The summed E-state index contributed by atoms with van der Waals surface area (Å²) in [4.78, 5) is 0. The second kappa shape index (κ2) is 1.44. The normalized spacial score (nSPS) is 66.0. The van der Waals surface area contributed by atoms with E-state index >= 15 is 0 Å². The Morgan fingerprint density at radius 3 is 1.30 bits per heavy atom. The van der Waals surface area contributed by atoms with Gasteiger partial charge in [-0.15, -0.1) is 0 Å². The fourth-order valence-corrected chi connectivity index (χ4v) is 3.45. The highest BCUT2D eigenvalue weighted by Crippen LogP contribution is 2.75. The number of rotatable bonds is 0. The van der Waals surface area contributed by atoms with Gasteiger partial charge in [0.2, 0.25) is 0 Å². The lowest BCUT2D eigenvalue weighted by Gasteiger charge is -2.73. The van der Waals surface area contributed by atoms with E-state index in [1.807, 2.05) is 0 Å². The summed E-state index contributed by atoms with van der Waals surface area (Å²) in [6, 6.07) is 0. The van der Waals surface area contributed by atoms with Gasteiger partial charge in [-0.3, -0.25) is 0 Å². The summed E-state index contributed by atoms with van der Waals surface area (Å²) in [6.07, 6.45) is 2.95. The van der Waals surface area contributed by atoms with Crippen molar-refractivity contribution in [3.8, 4) is 0 Å². The van der Waals surface area contributed by atoms with Crippen molar-refractivity contribution < 1.29 is 0 Å². The second-order valence-corrected chi connectivity index (χ2v) is 5.05. The van der Waals surface area contributed by atoms with Crippen LogP contribution in [0.1, 0.15) is 40.5 Å². The Balaban J connectivity index is 2.22. The number of hydrogen-bond donors (Lipinski definition) is 0. The quantitative estimate of drug-likeness (QED) is 0.482. The van der Waals surface area contributed by atoms with E-state index in [2.05, 4.69) is 27.7 Å². The first-order chi connectivity index (χ1) is 4.51. The minimum Gasteiger partial charge on any atom is -0.0619 e. The standard InChI is InChI=1S/C10H18/c1-7-5-10(4)8(2)6-9(7,10)3/h7-8H,5-6H2,1-4H3. The monoisotopic (exact) mass is 138 g/mol. The first kappa shape index (κ1) is 6.69. The first-order valence-corrected chi connectivity index (χ1v) is 4.51. The van der Waals surface area contributed by atoms with Crippen molar-refractivity contribution in [2.45, 2.75) is 40.5 Å². The molecule has 0 aliphatic heterocycles. The van der Waals surface area contributed by atoms with Crippen molar-refractivity contribution in [3.63, 3.8) is 0 Å². The average molecular weight is 138 g/mol. The lowest BCUT2D eigenvalue weighted by Crippen LogP contribution is -2.66. The van der Waals surface area contributed by atoms with Crippen LogP contribution in [-0.4, -0.2) is 0 Å². The molecule has 0 heterocycles. The van der Waals surface area contributed by atoms with Crippen molar-refractivity contribution in [1.29, 1.82) is 0 Å². The molecule has 2 fully saturated rings. The van der Waals surface area contributed by atoms with Crippen LogP contribution in [0.5, 0.6) is 0 Å². The third kappa shape index (κ3) is 0.408. The van der Waals surface area contributed by atoms with Crippen molar-refractivity contribution in [2.24, 2.45) is 22.7 Å². The zero-order valence-electron chi connectivity index (χ0n) is 7.57. The maximum atomic E-state index is 2.47. The molecule has 0 heteroatoms. The number of hydrogen-bond acceptors (Lipinski definition) is 0. The topological polar surface area (TPSA) is 0 Å². The van der Waals surface area contributed by atoms with Gasteiger partial charge in [0.25, 0.3) is 0 Å². The molecule has 4 atom stereocenters. The Kier molecular flexibility index (Phi) is 0.964. The van der Waals surface area contributed by atoms with Crippen molar-refractivity contribution in [3.05, 3.63) is 0 Å². The summed E-state index contributed by atoms with van der Waals surface area (Å²) in [5, 5.41) is 0. The molecule has 2 rings (SSSR count). The third-order valence-corrected chi connectivity index (χ3v) is 4.94. The fourth-order valence-electron chi connectivity index (χ4n) is 3.45. The van der Waals surface area contributed by atoms with Gasteiger partial charge >= 0.3 is 0 Å². The van der Waals surface area contributed by atoms with Crippen LogP contribution < -0.4 is 0 Å². The summed E-state index contributed by atoms with van der Waals surface area (Å²) in [6.45, 7) is 9.77. The molecule has 10 heavy (non-hydrogen) atoms. The van der Waals surface area contributed by atoms with Gasteiger partial charge < -0.3 is 0 Å². The summed E-state index contributed by atoms with van der Waals surface area (Å²) >= 11 is 0. The third-order valence-electron chi connectivity index (χ3n) is 4.94. The molecule has 0 saturated heterocycles. The van der Waals surface area contributed by atoms with E-state index < -0.39 is 0 Å². The van der Waals surface area contributed by atoms with Crippen LogP contribution in [0.2, 0.25) is 0 Å². The fraction of sp³-hybridized carbons (Fsp3) is 1.00. The maximum Gasteiger partial charge on any atom is -0.0241 e. The molecule has 0 aromatic carbocycles. The van der Waals surface area contributed by atoms with E-state index in [1.165, 1.54) is 12.8 Å². The highest BCUT2D eigenvalue weighted by atomic mass is 14.7. The molecule has 58 valence electrons. The average Bonchev–Trinajstić information content (AvgIpc) is 1.88. The van der Waals surface area contributed by atoms with Gasteiger partial charge in [0.15, 0.2) is 0 Å². The minimum atomic E-state index is 0.729. The van der Waals surface area contributed by atoms with Crippen LogP contribution in [0, 0.1) is 22.7 Å². The molecule has 0 bridgehead atoms. The molecule has 0 N–H and O–H groups in total. The Morgan fingerprint density at radius 1 is 0.900 bits per heavy atom. The molecular weight excluding hydrogens is 120 g/mol. The van der Waals surface area contributed by atoms with Gasteiger partial charge in [-0.05, 0) is 35.5 Å². The molecule has 0 nitrogen and oxygen atoms in total. The molecule has 2 aliphatic carbocycles. The maximum absolute atomic E-state index is 2.47. The van der Waals surface area contributed by atoms with Gasteiger partial charge in [-0.1, -0.05) is 27.7 Å². The van der Waals surface area contributed by atoms with Crippen LogP contribution >= 0.6 is 0 Å². The molecule has 0 aromatic rings. The van der Waals surface area contributed by atoms with Gasteiger partial charge in [0.1, 0.15) is 0 Å². The van der Waals surface area contributed by atoms with Crippen LogP contribution in [0.15, 0.2) is 0 Å². The minimum absolute atomic E-state index is 0.729. The summed E-state index contributed by atoms with van der Waals surface area (Å²) in [7, 11) is 0. The summed E-state index contributed by atoms with van der Waals surface area (Å²) in [5.41, 5.74) is 1.46. The van der Waals surface area contributed by atoms with Gasteiger partial charge in [0.05, 0.1) is 0 Å². The zero-order chi connectivity index (χ0) is 7.57. The molecule has 0 spiro atoms. The smallest absolute Gasteiger partial charge is 0.0241 e. The van der Waals surface area contributed by atoms with Crippen molar-refractivity contribution in [1.82, 2.24) is 0 Å². The lowest BCUT2D eigenvalue weighted by atomic mass is 9.31. The van der Waals surface area contributed by atoms with E-state index in [1.54, 1.807) is 0 Å². The predicted octanol–water partition coefficient (Wildman–Crippen LogP) is 3.08. The van der Waals surface area contributed by atoms with Gasteiger partial charge in [0, 0.05) is 0 Å². The number of fused-ring (bicyclic) bond motifs is 1. The molecule has 0 amide bonds. The van der Waals surface area contributed by atoms with E-state index in [4.69, 9.17) is 0 Å². The largest absolute Gasteiger partial charge is 0.0619 e. The van der Waals surface area contributed by atoms with Crippen LogP contribution in [-0.2, 0) is 0 Å². The highest BCUT2D eigenvalue weighted by molar-refractivity contribution is 5.16. The highest BCUT2D eigenvalue weighted by Gasteiger charge is 2.67. The molecule has 0 aromatic heterocycles. The Bertz CT molecular complexity index is 153. The van der Waals surface area contributed by atoms with E-state index in [0.29, 0.717) is 0 Å². The molecule has 4 unspecified atom stereocenters. The molecule has 2 aliphatic rings. The van der Waals surface area contributed by atoms with Crippen LogP contribution in [0.4, 0.5) is 0 Å². The predicted molar refractivity (Wildman–Crippen MR) is 43.8 cm³/mol. The van der Waals surface area contributed by atoms with E-state index in [9.17, 15) is 0 Å². The Labute approximate surface area is 64.0 Å². The van der Waals surface area contributed by atoms with E-state index in [0.717, 1.165) is 22.7 Å². The molecule has 2 saturated carbocycles. The van der Waals surface area contributed by atoms with Gasteiger partial charge in [-0.25, -0.2) is 0 Å². The van der Waals surface area contributed by atoms with Crippen molar-refractivity contribution in [2.75, 3.05) is 0 Å². The first-order valence-electron chi connectivity index (χ1n) is 4.51. The summed E-state index contributed by atoms with van der Waals surface area (Å²) < 4.78 is 0. The van der Waals surface area contributed by atoms with Crippen molar-refractivity contribution >= 4 is 0 Å². The van der Waals surface area contributed by atoms with Crippen LogP contribution in [0.3, 0.4) is 0 Å². The zero-order valence-corrected chi connectivity index (χ0v) is 7.57. The van der Waals surface area contributed by atoms with Crippen LogP contribution in [0.25, 0.3) is 0 Å². The SMILES string of the molecule is CC1CC2(C)C(C)CC12C. The summed E-state index contributed by atoms with van der Waals surface area (Å²) in [5.74, 6) is 1.99. The molecular formula is C10H18. The Hall–Kier alpha value is 0.